The van der Waals surface area contributed by atoms with E-state index >= 15 is 0 Å². The molecular weight excluding hydrogens is 308 g/mol. The Bertz CT molecular complexity index is 540. The molecule has 3 nitrogen and oxygen atoms in total. The monoisotopic (exact) mass is 334 g/mol. The average molecular weight is 335 g/mol. The van der Waals surface area contributed by atoms with Crippen molar-refractivity contribution in [2.24, 2.45) is 11.8 Å². The Morgan fingerprint density at radius 2 is 2.04 bits per heavy atom. The molecule has 0 radical (unpaired) electrons. The molecule has 4 heteroatoms. The lowest BCUT2D eigenvalue weighted by Crippen LogP contribution is -2.35. The minimum Gasteiger partial charge on any atom is -0.356 e. The van der Waals surface area contributed by atoms with Gasteiger partial charge >= 0.3 is 0 Å². The topological polar surface area (TPSA) is 32.3 Å². The van der Waals surface area contributed by atoms with Crippen LogP contribution >= 0.6 is 11.6 Å². The number of hydrogen-bond acceptors (Lipinski definition) is 2. The van der Waals surface area contributed by atoms with Gasteiger partial charge in [-0.1, -0.05) is 36.7 Å². The smallest absolute Gasteiger partial charge is 0.223 e. The van der Waals surface area contributed by atoms with E-state index in [1.54, 1.807) is 0 Å². The minimum atomic E-state index is 0.116. The number of halogens is 1. The van der Waals surface area contributed by atoms with Crippen molar-refractivity contribution in [3.8, 4) is 0 Å². The quantitative estimate of drug-likeness (QED) is 0.805. The van der Waals surface area contributed by atoms with Gasteiger partial charge in [0.1, 0.15) is 0 Å². The molecule has 1 N–H and O–H groups in total. The highest BCUT2D eigenvalue weighted by molar-refractivity contribution is 6.31. The summed E-state index contributed by atoms with van der Waals surface area (Å²) in [4.78, 5) is 14.8. The van der Waals surface area contributed by atoms with E-state index < -0.39 is 0 Å². The number of carbonyl (C=O) groups excluding carboxylic acids is 1. The molecule has 1 aromatic carbocycles. The first kappa shape index (κ1) is 16.8. The third-order valence-electron chi connectivity index (χ3n) is 5.26. The summed E-state index contributed by atoms with van der Waals surface area (Å²) in [6.45, 7) is 6.66. The van der Waals surface area contributed by atoms with Gasteiger partial charge in [0.05, 0.1) is 0 Å². The Labute approximate surface area is 144 Å². The van der Waals surface area contributed by atoms with Crippen LogP contribution in [0.2, 0.25) is 5.02 Å². The number of benzene rings is 1. The average Bonchev–Trinajstić information content (AvgIpc) is 3.34. The van der Waals surface area contributed by atoms with Crippen LogP contribution in [0.25, 0.3) is 0 Å². The van der Waals surface area contributed by atoms with Crippen molar-refractivity contribution < 1.29 is 4.79 Å². The molecule has 2 aliphatic rings. The standard InChI is InChI=1S/C19H27ClN2O/c1-14-7-11-22(12-8-14)10-4-9-21-19(23)17-13-16(17)15-5-2-3-6-18(15)20/h2-3,5-6,14,16-17H,4,7-13H2,1H3,(H,21,23). The van der Waals surface area contributed by atoms with Gasteiger partial charge in [0.25, 0.3) is 0 Å². The Kier molecular flexibility index (Phi) is 5.60. The maximum Gasteiger partial charge on any atom is 0.223 e. The van der Waals surface area contributed by atoms with Gasteiger partial charge in [-0.05, 0) is 68.8 Å². The number of amides is 1. The van der Waals surface area contributed by atoms with Crippen LogP contribution in [-0.4, -0.2) is 37.0 Å². The minimum absolute atomic E-state index is 0.116. The van der Waals surface area contributed by atoms with Crippen molar-refractivity contribution in [3.05, 3.63) is 34.9 Å². The van der Waals surface area contributed by atoms with Crippen LogP contribution in [0.4, 0.5) is 0 Å². The van der Waals surface area contributed by atoms with E-state index in [1.165, 1.54) is 25.9 Å². The van der Waals surface area contributed by atoms with Crippen LogP contribution in [0.1, 0.15) is 44.1 Å². The normalized spacial score (nSPS) is 25.3. The molecule has 2 unspecified atom stereocenters. The molecule has 1 heterocycles. The zero-order valence-electron chi connectivity index (χ0n) is 13.9. The summed E-state index contributed by atoms with van der Waals surface area (Å²) < 4.78 is 0. The lowest BCUT2D eigenvalue weighted by molar-refractivity contribution is -0.122. The maximum atomic E-state index is 12.2. The summed E-state index contributed by atoms with van der Waals surface area (Å²) in [5.41, 5.74) is 1.12. The molecule has 126 valence electrons. The molecule has 3 rings (SSSR count). The molecule has 0 aromatic heterocycles. The Hall–Kier alpha value is -1.06. The highest BCUT2D eigenvalue weighted by Gasteiger charge is 2.44. The summed E-state index contributed by atoms with van der Waals surface area (Å²) in [5, 5.41) is 3.89. The second-order valence-corrected chi connectivity index (χ2v) is 7.55. The molecule has 1 saturated carbocycles. The molecule has 0 spiro atoms. The summed E-state index contributed by atoms with van der Waals surface area (Å²) in [7, 11) is 0. The number of likely N-dealkylation sites (tertiary alicyclic amines) is 1. The molecular formula is C19H27ClN2O. The van der Waals surface area contributed by atoms with Crippen LogP contribution in [0.15, 0.2) is 24.3 Å². The molecule has 23 heavy (non-hydrogen) atoms. The van der Waals surface area contributed by atoms with E-state index in [0.717, 1.165) is 42.4 Å². The first-order chi connectivity index (χ1) is 11.1. The fourth-order valence-electron chi connectivity index (χ4n) is 3.54. The highest BCUT2D eigenvalue weighted by Crippen LogP contribution is 2.49. The van der Waals surface area contributed by atoms with Crippen LogP contribution in [0.5, 0.6) is 0 Å². The Morgan fingerprint density at radius 1 is 1.30 bits per heavy atom. The predicted molar refractivity (Wildman–Crippen MR) is 94.8 cm³/mol. The van der Waals surface area contributed by atoms with Crippen molar-refractivity contribution in [1.82, 2.24) is 10.2 Å². The molecule has 2 atom stereocenters. The molecule has 2 fully saturated rings. The molecule has 1 amide bonds. The van der Waals surface area contributed by atoms with Crippen molar-refractivity contribution in [2.75, 3.05) is 26.2 Å². The number of nitrogens with zero attached hydrogens (tertiary/aromatic N) is 1. The van der Waals surface area contributed by atoms with Gasteiger partial charge in [-0.25, -0.2) is 0 Å². The van der Waals surface area contributed by atoms with Gasteiger partial charge in [-0.15, -0.1) is 0 Å². The first-order valence-electron chi connectivity index (χ1n) is 8.89. The summed E-state index contributed by atoms with van der Waals surface area (Å²) in [6, 6.07) is 7.87. The van der Waals surface area contributed by atoms with Gasteiger partial charge in [0.15, 0.2) is 0 Å². The van der Waals surface area contributed by atoms with Crippen LogP contribution in [0.3, 0.4) is 0 Å². The lowest BCUT2D eigenvalue weighted by atomic mass is 9.99. The Balaban J connectivity index is 1.34. The van der Waals surface area contributed by atoms with E-state index in [2.05, 4.69) is 17.1 Å². The second kappa shape index (κ2) is 7.67. The highest BCUT2D eigenvalue weighted by atomic mass is 35.5. The van der Waals surface area contributed by atoms with Crippen molar-refractivity contribution >= 4 is 17.5 Å². The zero-order chi connectivity index (χ0) is 16.2. The predicted octanol–water partition coefficient (Wildman–Crippen LogP) is 3.68. The van der Waals surface area contributed by atoms with Crippen molar-refractivity contribution in [2.45, 2.75) is 38.5 Å². The number of carbonyl (C=O) groups is 1. The van der Waals surface area contributed by atoms with Gasteiger partial charge in [0, 0.05) is 17.5 Å². The third-order valence-corrected chi connectivity index (χ3v) is 5.60. The molecule has 1 aliphatic heterocycles. The van der Waals surface area contributed by atoms with Gasteiger partial charge < -0.3 is 10.2 Å². The fraction of sp³-hybridized carbons (Fsp3) is 0.632. The van der Waals surface area contributed by atoms with Gasteiger partial charge in [0.2, 0.25) is 5.91 Å². The van der Waals surface area contributed by atoms with Gasteiger partial charge in [-0.3, -0.25) is 4.79 Å². The first-order valence-corrected chi connectivity index (χ1v) is 9.27. The fourth-order valence-corrected chi connectivity index (χ4v) is 3.81. The third kappa shape index (κ3) is 4.48. The van der Waals surface area contributed by atoms with Crippen molar-refractivity contribution in [3.63, 3.8) is 0 Å². The molecule has 0 bridgehead atoms. The number of piperidine rings is 1. The molecule has 1 aromatic rings. The molecule has 1 saturated heterocycles. The summed E-state index contributed by atoms with van der Waals surface area (Å²) in [6.07, 6.45) is 4.60. The van der Waals surface area contributed by atoms with Crippen LogP contribution in [-0.2, 0) is 4.79 Å². The maximum absolute atomic E-state index is 12.2. The van der Waals surface area contributed by atoms with Gasteiger partial charge in [-0.2, -0.15) is 0 Å². The number of hydrogen-bond donors (Lipinski definition) is 1. The lowest BCUT2D eigenvalue weighted by Gasteiger charge is -2.30. The van der Waals surface area contributed by atoms with E-state index in [0.29, 0.717) is 5.92 Å². The Morgan fingerprint density at radius 3 is 2.78 bits per heavy atom. The molecule has 1 aliphatic carbocycles. The SMILES string of the molecule is CC1CCN(CCCNC(=O)C2CC2c2ccccc2Cl)CC1. The summed E-state index contributed by atoms with van der Waals surface area (Å²) >= 11 is 6.22. The van der Waals surface area contributed by atoms with E-state index in [9.17, 15) is 4.79 Å². The number of nitrogens with one attached hydrogen (secondary N) is 1. The van der Waals surface area contributed by atoms with E-state index in [-0.39, 0.29) is 11.8 Å². The zero-order valence-corrected chi connectivity index (χ0v) is 14.7. The largest absolute Gasteiger partial charge is 0.356 e. The van der Waals surface area contributed by atoms with Crippen LogP contribution in [0, 0.1) is 11.8 Å². The summed E-state index contributed by atoms with van der Waals surface area (Å²) in [5.74, 6) is 1.50. The van der Waals surface area contributed by atoms with Crippen molar-refractivity contribution in [1.29, 1.82) is 0 Å². The van der Waals surface area contributed by atoms with E-state index in [1.807, 2.05) is 24.3 Å². The van der Waals surface area contributed by atoms with Crippen LogP contribution < -0.4 is 5.32 Å². The van der Waals surface area contributed by atoms with E-state index in [4.69, 9.17) is 11.6 Å². The number of rotatable bonds is 6. The second-order valence-electron chi connectivity index (χ2n) is 7.14.